The molecule has 0 radical (unpaired) electrons. The molecule has 4 aliphatic rings. The molecule has 6 unspecified atom stereocenters. The first kappa shape index (κ1) is 21.5. The van der Waals surface area contributed by atoms with Gasteiger partial charge in [0.1, 0.15) is 6.10 Å². The minimum atomic E-state index is -1.27. The van der Waals surface area contributed by atoms with E-state index in [9.17, 15) is 24.3 Å². The van der Waals surface area contributed by atoms with Crippen molar-refractivity contribution >= 4 is 23.8 Å². The molecule has 0 aromatic rings. The number of esters is 2. The topological polar surface area (TPSA) is 119 Å². The van der Waals surface area contributed by atoms with Crippen LogP contribution in [-0.2, 0) is 33.4 Å². The third kappa shape index (κ3) is 3.54. The van der Waals surface area contributed by atoms with Crippen LogP contribution < -0.4 is 0 Å². The highest BCUT2D eigenvalue weighted by atomic mass is 16.7. The number of rotatable bonds is 4. The van der Waals surface area contributed by atoms with Crippen molar-refractivity contribution in [2.75, 3.05) is 6.54 Å². The number of cyclic esters (lactones) is 1. The number of amides is 1. The summed E-state index contributed by atoms with van der Waals surface area (Å²) in [5.74, 6) is -5.01. The third-order valence-electron chi connectivity index (χ3n) is 6.68. The van der Waals surface area contributed by atoms with Crippen molar-refractivity contribution in [1.82, 2.24) is 4.90 Å². The molecule has 4 rings (SSSR count). The number of carboxylic acid groups (broad SMARTS) is 1. The summed E-state index contributed by atoms with van der Waals surface area (Å²) < 4.78 is 17.2. The van der Waals surface area contributed by atoms with Crippen LogP contribution in [0.3, 0.4) is 0 Å². The van der Waals surface area contributed by atoms with Crippen molar-refractivity contribution in [3.8, 4) is 0 Å². The average Bonchev–Trinajstić information content (AvgIpc) is 3.25. The van der Waals surface area contributed by atoms with Gasteiger partial charge in [0.05, 0.1) is 23.6 Å². The average molecular weight is 433 g/mol. The number of nitrogens with zero attached hydrogens (tertiary/aromatic N) is 1. The number of aliphatic carboxylic acids is 1. The van der Waals surface area contributed by atoms with Gasteiger partial charge in [-0.3, -0.25) is 9.59 Å². The SMILES string of the molecule is CCC1C2C(=O)N(C(=CC(=O)O)C3CC(C)C(=O)O3)CCCC2OC12C=C(C)C(=O)O2. The molecule has 6 atom stereocenters. The first-order valence-corrected chi connectivity index (χ1v) is 10.7. The lowest BCUT2D eigenvalue weighted by atomic mass is 9.81. The predicted molar refractivity (Wildman–Crippen MR) is 105 cm³/mol. The summed E-state index contributed by atoms with van der Waals surface area (Å²) in [4.78, 5) is 50.8. The summed E-state index contributed by atoms with van der Waals surface area (Å²) in [5, 5.41) is 9.43. The van der Waals surface area contributed by atoms with Crippen LogP contribution in [0.25, 0.3) is 0 Å². The lowest BCUT2D eigenvalue weighted by Gasteiger charge is -2.32. The van der Waals surface area contributed by atoms with Crippen LogP contribution in [0.15, 0.2) is 23.4 Å². The van der Waals surface area contributed by atoms with Crippen LogP contribution >= 0.6 is 0 Å². The van der Waals surface area contributed by atoms with E-state index in [1.54, 1.807) is 19.9 Å². The fourth-order valence-electron chi connectivity index (χ4n) is 5.24. The van der Waals surface area contributed by atoms with Gasteiger partial charge < -0.3 is 24.2 Å². The Morgan fingerprint density at radius 1 is 1.35 bits per heavy atom. The highest BCUT2D eigenvalue weighted by Crippen LogP contribution is 2.50. The molecule has 31 heavy (non-hydrogen) atoms. The van der Waals surface area contributed by atoms with Crippen LogP contribution in [0.4, 0.5) is 0 Å². The Hall–Kier alpha value is -2.68. The monoisotopic (exact) mass is 433 g/mol. The lowest BCUT2D eigenvalue weighted by molar-refractivity contribution is -0.204. The van der Waals surface area contributed by atoms with Gasteiger partial charge in [0.15, 0.2) is 0 Å². The summed E-state index contributed by atoms with van der Waals surface area (Å²) in [6.45, 7) is 5.57. The van der Waals surface area contributed by atoms with E-state index < -0.39 is 47.7 Å². The molecule has 168 valence electrons. The molecule has 3 saturated heterocycles. The Bertz CT molecular complexity index is 892. The quantitative estimate of drug-likeness (QED) is 0.526. The van der Waals surface area contributed by atoms with Crippen molar-refractivity contribution in [2.24, 2.45) is 17.8 Å². The first-order chi connectivity index (χ1) is 14.7. The summed E-state index contributed by atoms with van der Waals surface area (Å²) in [7, 11) is 0. The van der Waals surface area contributed by atoms with Crippen LogP contribution in [0.2, 0.25) is 0 Å². The molecule has 0 aromatic carbocycles. The molecule has 0 bridgehead atoms. The Morgan fingerprint density at radius 2 is 2.10 bits per heavy atom. The van der Waals surface area contributed by atoms with E-state index in [1.165, 1.54) is 4.90 Å². The number of carboxylic acids is 1. The molecule has 0 aliphatic carbocycles. The van der Waals surface area contributed by atoms with Crippen molar-refractivity contribution in [1.29, 1.82) is 0 Å². The van der Waals surface area contributed by atoms with E-state index in [1.807, 2.05) is 6.92 Å². The second-order valence-electron chi connectivity index (χ2n) is 8.74. The summed E-state index contributed by atoms with van der Waals surface area (Å²) >= 11 is 0. The van der Waals surface area contributed by atoms with Crippen LogP contribution in [0.5, 0.6) is 0 Å². The smallest absolute Gasteiger partial charge is 0.336 e. The highest BCUT2D eigenvalue weighted by molar-refractivity contribution is 5.91. The van der Waals surface area contributed by atoms with Gasteiger partial charge in [-0.2, -0.15) is 0 Å². The fourth-order valence-corrected chi connectivity index (χ4v) is 5.24. The van der Waals surface area contributed by atoms with Crippen molar-refractivity contribution in [2.45, 2.75) is 64.4 Å². The minimum Gasteiger partial charge on any atom is -0.478 e. The van der Waals surface area contributed by atoms with Crippen molar-refractivity contribution < 1.29 is 38.5 Å². The molecule has 3 fully saturated rings. The highest BCUT2D eigenvalue weighted by Gasteiger charge is 2.61. The maximum absolute atomic E-state index is 13.8. The molecule has 1 amide bonds. The largest absolute Gasteiger partial charge is 0.478 e. The summed E-state index contributed by atoms with van der Waals surface area (Å²) in [5.41, 5.74) is 0.624. The Morgan fingerprint density at radius 3 is 2.65 bits per heavy atom. The van der Waals surface area contributed by atoms with Crippen LogP contribution in [0.1, 0.15) is 46.5 Å². The Labute approximate surface area is 180 Å². The first-order valence-electron chi connectivity index (χ1n) is 10.7. The summed E-state index contributed by atoms with van der Waals surface area (Å²) in [6.07, 6.45) is 3.36. The van der Waals surface area contributed by atoms with E-state index >= 15 is 0 Å². The zero-order chi connectivity index (χ0) is 22.5. The van der Waals surface area contributed by atoms with Crippen molar-refractivity contribution in [3.05, 3.63) is 23.4 Å². The number of ether oxygens (including phenoxy) is 3. The normalized spacial score (nSPS) is 38.1. The second kappa shape index (κ2) is 7.78. The van der Waals surface area contributed by atoms with Crippen LogP contribution in [0, 0.1) is 17.8 Å². The van der Waals surface area contributed by atoms with Gasteiger partial charge in [-0.15, -0.1) is 0 Å². The van der Waals surface area contributed by atoms with E-state index in [0.29, 0.717) is 37.8 Å². The van der Waals surface area contributed by atoms with E-state index in [-0.39, 0.29) is 17.5 Å². The number of likely N-dealkylation sites (tertiary alicyclic amines) is 1. The number of carbonyl (C=O) groups is 4. The van der Waals surface area contributed by atoms with Gasteiger partial charge in [-0.1, -0.05) is 13.8 Å². The van der Waals surface area contributed by atoms with Gasteiger partial charge in [0.25, 0.3) is 0 Å². The molecule has 0 aromatic heterocycles. The summed E-state index contributed by atoms with van der Waals surface area (Å²) in [6, 6.07) is 0. The Balaban J connectivity index is 1.69. The van der Waals surface area contributed by atoms with Gasteiger partial charge in [-0.25, -0.2) is 9.59 Å². The van der Waals surface area contributed by atoms with E-state index in [2.05, 4.69) is 0 Å². The van der Waals surface area contributed by atoms with Gasteiger partial charge in [-0.05, 0) is 32.3 Å². The molecule has 0 saturated carbocycles. The molecule has 1 spiro atoms. The number of hydrogen-bond acceptors (Lipinski definition) is 7. The molecule has 1 N–H and O–H groups in total. The molecule has 4 heterocycles. The standard InChI is InChI=1S/C22H27NO8/c1-4-13-18-15(30-22(13)10-12(3)21(28)31-22)6-5-7-23(19(18)26)14(9-17(24)25)16-8-11(2)20(27)29-16/h9-11,13,15-16,18H,4-8H2,1-3H3,(H,24,25). The minimum absolute atomic E-state index is 0.182. The maximum atomic E-state index is 13.8. The third-order valence-corrected chi connectivity index (χ3v) is 6.68. The molecule has 4 aliphatic heterocycles. The van der Waals surface area contributed by atoms with Gasteiger partial charge in [0, 0.05) is 30.5 Å². The molecule has 9 heteroatoms. The zero-order valence-electron chi connectivity index (χ0n) is 17.8. The predicted octanol–water partition coefficient (Wildman–Crippen LogP) is 1.77. The zero-order valence-corrected chi connectivity index (χ0v) is 17.8. The van der Waals surface area contributed by atoms with Gasteiger partial charge in [0.2, 0.25) is 11.7 Å². The number of hydrogen-bond donors (Lipinski definition) is 1. The van der Waals surface area contributed by atoms with Crippen molar-refractivity contribution in [3.63, 3.8) is 0 Å². The second-order valence-corrected chi connectivity index (χ2v) is 8.74. The van der Waals surface area contributed by atoms with E-state index in [4.69, 9.17) is 14.2 Å². The molecular formula is C22H27NO8. The molecular weight excluding hydrogens is 406 g/mol. The fraction of sp³-hybridized carbons (Fsp3) is 0.636. The van der Waals surface area contributed by atoms with Gasteiger partial charge >= 0.3 is 17.9 Å². The number of fused-ring (bicyclic) bond motifs is 1. The lowest BCUT2D eigenvalue weighted by Crippen LogP contribution is -2.44. The Kier molecular flexibility index (Phi) is 5.41. The van der Waals surface area contributed by atoms with Crippen LogP contribution in [-0.4, -0.2) is 58.4 Å². The van der Waals surface area contributed by atoms with E-state index in [0.717, 1.165) is 6.08 Å². The maximum Gasteiger partial charge on any atom is 0.336 e. The number of carbonyl (C=O) groups excluding carboxylic acids is 3. The molecule has 9 nitrogen and oxygen atoms in total.